The summed E-state index contributed by atoms with van der Waals surface area (Å²) in [4.78, 5) is 23.6. The molecule has 3 rings (SSSR count). The highest BCUT2D eigenvalue weighted by Crippen LogP contribution is 2.27. The highest BCUT2D eigenvalue weighted by molar-refractivity contribution is 7.91. The van der Waals surface area contributed by atoms with Gasteiger partial charge in [-0.2, -0.15) is 4.31 Å². The Kier molecular flexibility index (Phi) is 7.26. The fraction of sp³-hybridized carbons (Fsp3) is 0.238. The van der Waals surface area contributed by atoms with Gasteiger partial charge in [-0.25, -0.2) is 8.42 Å². The van der Waals surface area contributed by atoms with Crippen molar-refractivity contribution in [2.45, 2.75) is 30.8 Å². The van der Waals surface area contributed by atoms with Crippen LogP contribution >= 0.6 is 11.3 Å². The van der Waals surface area contributed by atoms with E-state index in [1.54, 1.807) is 55.6 Å². The van der Waals surface area contributed by atoms with E-state index in [0.29, 0.717) is 11.3 Å². The maximum atomic E-state index is 13.4. The van der Waals surface area contributed by atoms with E-state index in [1.807, 2.05) is 0 Å². The van der Waals surface area contributed by atoms with Gasteiger partial charge in [0.2, 0.25) is 5.91 Å². The number of rotatable bonds is 9. The van der Waals surface area contributed by atoms with Crippen LogP contribution < -0.4 is 10.6 Å². The first kappa shape index (κ1) is 22.7. The van der Waals surface area contributed by atoms with Gasteiger partial charge >= 0.3 is 0 Å². The Morgan fingerprint density at radius 1 is 1.06 bits per heavy atom. The van der Waals surface area contributed by atoms with Gasteiger partial charge in [-0.05, 0) is 42.0 Å². The summed E-state index contributed by atoms with van der Waals surface area (Å²) >= 11 is 1.11. The molecular weight excluding hydrogens is 438 g/mol. The van der Waals surface area contributed by atoms with E-state index in [0.717, 1.165) is 21.8 Å². The van der Waals surface area contributed by atoms with E-state index in [1.165, 1.54) is 17.5 Å². The number of hydrogen-bond donors (Lipinski definition) is 2. The summed E-state index contributed by atoms with van der Waals surface area (Å²) < 4.78 is 33.6. The predicted molar refractivity (Wildman–Crippen MR) is 117 cm³/mol. The molecule has 8 nitrogen and oxygen atoms in total. The first-order valence-corrected chi connectivity index (χ1v) is 11.7. The monoisotopic (exact) mass is 461 g/mol. The van der Waals surface area contributed by atoms with Gasteiger partial charge in [-0.15, -0.1) is 11.3 Å². The molecule has 2 aromatic heterocycles. The molecule has 31 heavy (non-hydrogen) atoms. The van der Waals surface area contributed by atoms with Crippen LogP contribution in [0.3, 0.4) is 0 Å². The second kappa shape index (κ2) is 9.90. The van der Waals surface area contributed by atoms with Crippen molar-refractivity contribution in [1.82, 2.24) is 14.9 Å². The van der Waals surface area contributed by atoms with E-state index in [4.69, 9.17) is 4.42 Å². The van der Waals surface area contributed by atoms with Crippen LogP contribution in [0.25, 0.3) is 0 Å². The maximum Gasteiger partial charge on any atom is 0.253 e. The van der Waals surface area contributed by atoms with Gasteiger partial charge in [-0.3, -0.25) is 9.59 Å². The second-order valence-corrected chi connectivity index (χ2v) is 10.1. The highest BCUT2D eigenvalue weighted by atomic mass is 32.2. The zero-order valence-electron chi connectivity index (χ0n) is 17.1. The van der Waals surface area contributed by atoms with Crippen molar-refractivity contribution in [3.05, 3.63) is 76.6 Å². The number of nitrogens with zero attached hydrogens (tertiary/aromatic N) is 1. The molecule has 0 spiro atoms. The molecule has 0 saturated carbocycles. The molecule has 0 saturated heterocycles. The maximum absolute atomic E-state index is 13.4. The summed E-state index contributed by atoms with van der Waals surface area (Å²) in [7, 11) is -2.27. The van der Waals surface area contributed by atoms with Gasteiger partial charge in [0.15, 0.2) is 0 Å². The van der Waals surface area contributed by atoms with E-state index in [-0.39, 0.29) is 35.7 Å². The van der Waals surface area contributed by atoms with E-state index >= 15 is 0 Å². The van der Waals surface area contributed by atoms with Crippen LogP contribution in [0.2, 0.25) is 0 Å². The largest absolute Gasteiger partial charge is 0.468 e. The van der Waals surface area contributed by atoms with E-state index in [2.05, 4.69) is 10.6 Å². The normalized spacial score (nSPS) is 11.5. The summed E-state index contributed by atoms with van der Waals surface area (Å²) in [5.74, 6) is 0.120. The van der Waals surface area contributed by atoms with Crippen molar-refractivity contribution in [2.75, 3.05) is 7.05 Å². The minimum Gasteiger partial charge on any atom is -0.468 e. The Morgan fingerprint density at radius 2 is 1.81 bits per heavy atom. The molecule has 0 fully saturated rings. The summed E-state index contributed by atoms with van der Waals surface area (Å²) in [6, 6.07) is 13.4. The Balaban J connectivity index is 1.85. The number of carbonyl (C=O) groups is 2. The van der Waals surface area contributed by atoms with Crippen LogP contribution in [0.4, 0.5) is 0 Å². The van der Waals surface area contributed by atoms with Gasteiger partial charge in [-0.1, -0.05) is 12.1 Å². The molecule has 0 aliphatic heterocycles. The Morgan fingerprint density at radius 3 is 2.42 bits per heavy atom. The minimum absolute atomic E-state index is 0.0610. The fourth-order valence-electron chi connectivity index (χ4n) is 2.84. The van der Waals surface area contributed by atoms with Crippen LogP contribution in [-0.4, -0.2) is 31.6 Å². The number of sulfonamides is 1. The molecule has 2 heterocycles. The standard InChI is InChI=1S/C21H23N3O5S2/c1-15(25)23-12-19-9-10-20(30-19)31(27,28)24(14-18-4-3-11-29-18)13-16-5-7-17(8-6-16)21(26)22-2/h3-11H,12-14H2,1-2H3,(H,22,26)(H,23,25). The van der Waals surface area contributed by atoms with Gasteiger partial charge in [0.1, 0.15) is 9.97 Å². The Bertz CT molecular complexity index is 1140. The zero-order valence-corrected chi connectivity index (χ0v) is 18.8. The lowest BCUT2D eigenvalue weighted by molar-refractivity contribution is -0.119. The van der Waals surface area contributed by atoms with Crippen molar-refractivity contribution >= 4 is 33.2 Å². The molecule has 10 heteroatoms. The van der Waals surface area contributed by atoms with E-state index < -0.39 is 10.0 Å². The first-order valence-electron chi connectivity index (χ1n) is 9.46. The molecule has 2 amide bonds. The Hall–Kier alpha value is -2.95. The highest BCUT2D eigenvalue weighted by Gasteiger charge is 2.27. The summed E-state index contributed by atoms with van der Waals surface area (Å²) in [6.07, 6.45) is 1.50. The van der Waals surface area contributed by atoms with Crippen LogP contribution in [0, 0.1) is 0 Å². The van der Waals surface area contributed by atoms with Gasteiger partial charge in [0.25, 0.3) is 15.9 Å². The molecular formula is C21H23N3O5S2. The molecule has 164 valence electrons. The van der Waals surface area contributed by atoms with Crippen LogP contribution in [0.15, 0.2) is 63.4 Å². The molecule has 1 aromatic carbocycles. The zero-order chi connectivity index (χ0) is 22.4. The molecule has 0 aliphatic rings. The van der Waals surface area contributed by atoms with Crippen molar-refractivity contribution in [3.8, 4) is 0 Å². The van der Waals surface area contributed by atoms with E-state index in [9.17, 15) is 18.0 Å². The number of benzene rings is 1. The third-order valence-electron chi connectivity index (χ3n) is 4.46. The topological polar surface area (TPSA) is 109 Å². The SMILES string of the molecule is CNC(=O)c1ccc(CN(Cc2ccco2)S(=O)(=O)c2ccc(CNC(C)=O)s2)cc1. The lowest BCUT2D eigenvalue weighted by Gasteiger charge is -2.20. The fourth-order valence-corrected chi connectivity index (χ4v) is 5.69. The number of furan rings is 1. The molecule has 0 aliphatic carbocycles. The number of carbonyl (C=O) groups excluding carboxylic acids is 2. The third kappa shape index (κ3) is 5.81. The Labute approximate surface area is 184 Å². The average Bonchev–Trinajstić information content (AvgIpc) is 3.44. The second-order valence-electron chi connectivity index (χ2n) is 6.76. The van der Waals surface area contributed by atoms with Crippen molar-refractivity contribution in [3.63, 3.8) is 0 Å². The summed E-state index contributed by atoms with van der Waals surface area (Å²) in [5, 5.41) is 5.22. The van der Waals surface area contributed by atoms with Crippen LogP contribution in [0.1, 0.15) is 33.5 Å². The molecule has 0 unspecified atom stereocenters. The number of nitrogens with one attached hydrogen (secondary N) is 2. The molecule has 2 N–H and O–H groups in total. The lowest BCUT2D eigenvalue weighted by atomic mass is 10.1. The molecule has 3 aromatic rings. The van der Waals surface area contributed by atoms with Gasteiger partial charge in [0, 0.05) is 31.0 Å². The molecule has 0 radical (unpaired) electrons. The van der Waals surface area contributed by atoms with Gasteiger partial charge in [0.05, 0.1) is 19.4 Å². The third-order valence-corrected chi connectivity index (χ3v) is 7.80. The molecule has 0 bridgehead atoms. The van der Waals surface area contributed by atoms with Crippen LogP contribution in [0.5, 0.6) is 0 Å². The lowest BCUT2D eigenvalue weighted by Crippen LogP contribution is -2.29. The van der Waals surface area contributed by atoms with Gasteiger partial charge < -0.3 is 15.1 Å². The quantitative estimate of drug-likeness (QED) is 0.509. The van der Waals surface area contributed by atoms with Crippen LogP contribution in [-0.2, 0) is 34.5 Å². The summed E-state index contributed by atoms with van der Waals surface area (Å²) in [5.41, 5.74) is 1.23. The first-order chi connectivity index (χ1) is 14.8. The minimum atomic E-state index is -3.82. The smallest absolute Gasteiger partial charge is 0.253 e. The number of hydrogen-bond acceptors (Lipinski definition) is 6. The predicted octanol–water partition coefficient (Wildman–Crippen LogP) is 2.73. The van der Waals surface area contributed by atoms with Crippen molar-refractivity contribution in [1.29, 1.82) is 0 Å². The average molecular weight is 462 g/mol. The molecule has 0 atom stereocenters. The summed E-state index contributed by atoms with van der Waals surface area (Å²) in [6.45, 7) is 1.85. The number of thiophene rings is 1. The number of amides is 2. The van der Waals surface area contributed by atoms with Crippen molar-refractivity contribution < 1.29 is 22.4 Å². The van der Waals surface area contributed by atoms with Crippen molar-refractivity contribution in [2.24, 2.45) is 0 Å².